The lowest BCUT2D eigenvalue weighted by molar-refractivity contribution is 0.382. The predicted molar refractivity (Wildman–Crippen MR) is 83.0 cm³/mol. The molecule has 2 aromatic rings. The first kappa shape index (κ1) is 14.0. The number of nitrogens with zero attached hydrogens (tertiary/aromatic N) is 1. The number of rotatable bonds is 5. The first-order valence-corrected chi connectivity index (χ1v) is 7.37. The number of nitrogens with two attached hydrogens (primary N) is 1. The van der Waals surface area contributed by atoms with Gasteiger partial charge < -0.3 is 4.74 Å². The topological polar surface area (TPSA) is 60.2 Å². The molecule has 1 aliphatic rings. The Morgan fingerprint density at radius 1 is 1.29 bits per heavy atom. The van der Waals surface area contributed by atoms with Crippen LogP contribution in [0.5, 0.6) is 5.88 Å². The highest BCUT2D eigenvalue weighted by Gasteiger charge is 2.17. The van der Waals surface area contributed by atoms with Gasteiger partial charge in [0.1, 0.15) is 0 Å². The zero-order valence-corrected chi connectivity index (χ0v) is 12.3. The van der Waals surface area contributed by atoms with E-state index in [-0.39, 0.29) is 6.04 Å². The van der Waals surface area contributed by atoms with Crippen LogP contribution in [-0.4, -0.2) is 12.1 Å². The largest absolute Gasteiger partial charge is 0.481 e. The van der Waals surface area contributed by atoms with Gasteiger partial charge >= 0.3 is 0 Å². The highest BCUT2D eigenvalue weighted by molar-refractivity contribution is 5.37. The van der Waals surface area contributed by atoms with E-state index in [4.69, 9.17) is 10.6 Å². The smallest absolute Gasteiger partial charge is 0.217 e. The summed E-state index contributed by atoms with van der Waals surface area (Å²) in [6.45, 7) is 0. The van der Waals surface area contributed by atoms with E-state index in [9.17, 15) is 0 Å². The lowest BCUT2D eigenvalue weighted by Gasteiger charge is -2.18. The maximum Gasteiger partial charge on any atom is 0.217 e. The van der Waals surface area contributed by atoms with E-state index in [0.717, 1.165) is 12.0 Å². The molecule has 1 heterocycles. The highest BCUT2D eigenvalue weighted by Crippen LogP contribution is 2.28. The first-order valence-electron chi connectivity index (χ1n) is 7.37. The fourth-order valence-corrected chi connectivity index (χ4v) is 3.09. The number of aryl methyl sites for hydroxylation is 2. The molecule has 4 nitrogen and oxygen atoms in total. The Balaban J connectivity index is 1.84. The molecule has 1 atom stereocenters. The number of ether oxygens (including phenoxy) is 1. The van der Waals surface area contributed by atoms with Crippen molar-refractivity contribution in [2.75, 3.05) is 7.11 Å². The minimum Gasteiger partial charge on any atom is -0.481 e. The zero-order chi connectivity index (χ0) is 14.7. The summed E-state index contributed by atoms with van der Waals surface area (Å²) in [5.41, 5.74) is 8.16. The maximum atomic E-state index is 5.76. The molecule has 0 amide bonds. The van der Waals surface area contributed by atoms with Gasteiger partial charge in [0, 0.05) is 11.8 Å². The SMILES string of the molecule is COc1ncccc1C(Cc1ccc2c(c1)CCC2)NN. The van der Waals surface area contributed by atoms with Gasteiger partial charge in [-0.15, -0.1) is 0 Å². The molecule has 4 heteroatoms. The third-order valence-corrected chi connectivity index (χ3v) is 4.17. The molecule has 1 aromatic carbocycles. The van der Waals surface area contributed by atoms with Crippen LogP contribution in [0.2, 0.25) is 0 Å². The van der Waals surface area contributed by atoms with Crippen molar-refractivity contribution in [1.82, 2.24) is 10.4 Å². The number of hydrazine groups is 1. The van der Waals surface area contributed by atoms with Crippen LogP contribution in [0.3, 0.4) is 0 Å². The van der Waals surface area contributed by atoms with Gasteiger partial charge in [-0.3, -0.25) is 11.3 Å². The molecule has 1 aromatic heterocycles. The monoisotopic (exact) mass is 283 g/mol. The summed E-state index contributed by atoms with van der Waals surface area (Å²) in [6.07, 6.45) is 6.23. The Labute approximate surface area is 125 Å². The van der Waals surface area contributed by atoms with Crippen molar-refractivity contribution >= 4 is 0 Å². The number of nitrogens with one attached hydrogen (secondary N) is 1. The van der Waals surface area contributed by atoms with Gasteiger partial charge in [0.25, 0.3) is 0 Å². The lowest BCUT2D eigenvalue weighted by atomic mass is 9.97. The molecule has 3 rings (SSSR count). The minimum atomic E-state index is -0.00639. The summed E-state index contributed by atoms with van der Waals surface area (Å²) in [5, 5.41) is 0. The quantitative estimate of drug-likeness (QED) is 0.653. The summed E-state index contributed by atoms with van der Waals surface area (Å²) < 4.78 is 5.33. The van der Waals surface area contributed by atoms with Crippen LogP contribution < -0.4 is 16.0 Å². The maximum absolute atomic E-state index is 5.76. The van der Waals surface area contributed by atoms with Crippen LogP contribution >= 0.6 is 0 Å². The van der Waals surface area contributed by atoms with Crippen molar-refractivity contribution in [1.29, 1.82) is 0 Å². The Morgan fingerprint density at radius 3 is 2.95 bits per heavy atom. The van der Waals surface area contributed by atoms with Crippen LogP contribution in [0.4, 0.5) is 0 Å². The molecule has 0 saturated heterocycles. The third-order valence-electron chi connectivity index (χ3n) is 4.17. The number of aromatic nitrogens is 1. The molecule has 0 saturated carbocycles. The Bertz CT molecular complexity index is 627. The van der Waals surface area contributed by atoms with Crippen LogP contribution in [-0.2, 0) is 19.3 Å². The van der Waals surface area contributed by atoms with Gasteiger partial charge in [0.15, 0.2) is 0 Å². The highest BCUT2D eigenvalue weighted by atomic mass is 16.5. The van der Waals surface area contributed by atoms with E-state index in [2.05, 4.69) is 28.6 Å². The molecule has 1 unspecified atom stereocenters. The van der Waals surface area contributed by atoms with E-state index < -0.39 is 0 Å². The van der Waals surface area contributed by atoms with Crippen LogP contribution in [0.15, 0.2) is 36.5 Å². The van der Waals surface area contributed by atoms with Crippen molar-refractivity contribution in [2.24, 2.45) is 5.84 Å². The standard InChI is InChI=1S/C17H21N3O/c1-21-17-15(6-3-9-19-17)16(20-18)11-12-7-8-13-4-2-5-14(13)10-12/h3,6-10,16,20H,2,4-5,11,18H2,1H3. The number of fused-ring (bicyclic) bond motifs is 1. The minimum absolute atomic E-state index is 0.00639. The van der Waals surface area contributed by atoms with Gasteiger partial charge in [-0.05, 0) is 48.4 Å². The van der Waals surface area contributed by atoms with Crippen LogP contribution in [0.25, 0.3) is 0 Å². The average Bonchev–Trinajstić information content (AvgIpc) is 3.00. The average molecular weight is 283 g/mol. The predicted octanol–water partition coefficient (Wildman–Crippen LogP) is 2.33. The van der Waals surface area contributed by atoms with E-state index in [1.807, 2.05) is 12.1 Å². The second-order valence-corrected chi connectivity index (χ2v) is 5.48. The van der Waals surface area contributed by atoms with Crippen LogP contribution in [0.1, 0.15) is 34.7 Å². The molecular formula is C17H21N3O. The second-order valence-electron chi connectivity index (χ2n) is 5.48. The number of pyridine rings is 1. The molecule has 0 spiro atoms. The van der Waals surface area contributed by atoms with E-state index in [1.54, 1.807) is 13.3 Å². The third kappa shape index (κ3) is 2.91. The molecular weight excluding hydrogens is 262 g/mol. The van der Waals surface area contributed by atoms with Gasteiger partial charge in [0.05, 0.1) is 13.2 Å². The molecule has 110 valence electrons. The summed E-state index contributed by atoms with van der Waals surface area (Å²) in [4.78, 5) is 4.25. The van der Waals surface area contributed by atoms with Crippen LogP contribution in [0, 0.1) is 0 Å². The Kier molecular flexibility index (Phi) is 4.18. The van der Waals surface area contributed by atoms with Crippen molar-refractivity contribution in [2.45, 2.75) is 31.7 Å². The zero-order valence-electron chi connectivity index (χ0n) is 12.3. The van der Waals surface area contributed by atoms with E-state index >= 15 is 0 Å². The Morgan fingerprint density at radius 2 is 2.14 bits per heavy atom. The van der Waals surface area contributed by atoms with Crippen molar-refractivity contribution in [3.63, 3.8) is 0 Å². The first-order chi connectivity index (χ1) is 10.3. The summed E-state index contributed by atoms with van der Waals surface area (Å²) in [6, 6.07) is 10.7. The van der Waals surface area contributed by atoms with Gasteiger partial charge in [0.2, 0.25) is 5.88 Å². The molecule has 0 bridgehead atoms. The molecule has 21 heavy (non-hydrogen) atoms. The number of hydrogen-bond donors (Lipinski definition) is 2. The van der Waals surface area contributed by atoms with Crippen molar-refractivity contribution in [3.8, 4) is 5.88 Å². The van der Waals surface area contributed by atoms with E-state index in [0.29, 0.717) is 5.88 Å². The van der Waals surface area contributed by atoms with Crippen molar-refractivity contribution in [3.05, 3.63) is 58.8 Å². The molecule has 0 fully saturated rings. The molecule has 1 aliphatic carbocycles. The van der Waals surface area contributed by atoms with Gasteiger partial charge in [-0.2, -0.15) is 0 Å². The fourth-order valence-electron chi connectivity index (χ4n) is 3.09. The number of methoxy groups -OCH3 is 1. The van der Waals surface area contributed by atoms with Crippen molar-refractivity contribution < 1.29 is 4.74 Å². The summed E-state index contributed by atoms with van der Waals surface area (Å²) in [5.74, 6) is 6.38. The summed E-state index contributed by atoms with van der Waals surface area (Å²) >= 11 is 0. The van der Waals surface area contributed by atoms with E-state index in [1.165, 1.54) is 36.0 Å². The second kappa shape index (κ2) is 6.24. The number of benzene rings is 1. The normalized spacial score (nSPS) is 14.8. The fraction of sp³-hybridized carbons (Fsp3) is 0.353. The van der Waals surface area contributed by atoms with Gasteiger partial charge in [-0.1, -0.05) is 24.3 Å². The Hall–Kier alpha value is -1.91. The van der Waals surface area contributed by atoms with Gasteiger partial charge in [-0.25, -0.2) is 4.98 Å². The molecule has 0 radical (unpaired) electrons. The number of hydrogen-bond acceptors (Lipinski definition) is 4. The molecule has 0 aliphatic heterocycles. The summed E-state index contributed by atoms with van der Waals surface area (Å²) in [7, 11) is 1.63. The lowest BCUT2D eigenvalue weighted by Crippen LogP contribution is -2.30. The molecule has 3 N–H and O–H groups in total.